The molecule has 1 saturated carbocycles. The predicted molar refractivity (Wildman–Crippen MR) is 79.9 cm³/mol. The van der Waals surface area contributed by atoms with Gasteiger partial charge in [-0.05, 0) is 57.5 Å². The van der Waals surface area contributed by atoms with Crippen molar-refractivity contribution >= 4 is 0 Å². The van der Waals surface area contributed by atoms with Crippen molar-refractivity contribution in [2.24, 2.45) is 5.41 Å². The van der Waals surface area contributed by atoms with Gasteiger partial charge in [-0.1, -0.05) is 12.1 Å². The number of nitrogens with one attached hydrogen (secondary N) is 2. The van der Waals surface area contributed by atoms with Crippen molar-refractivity contribution < 1.29 is 4.74 Å². The van der Waals surface area contributed by atoms with Gasteiger partial charge in [0.05, 0.1) is 7.11 Å². The Balaban J connectivity index is 2.34. The Bertz CT molecular complexity index is 429. The summed E-state index contributed by atoms with van der Waals surface area (Å²) in [5, 5.41) is 6.86. The minimum absolute atomic E-state index is 0.386. The van der Waals surface area contributed by atoms with Crippen LogP contribution in [0.5, 0.6) is 5.75 Å². The van der Waals surface area contributed by atoms with Gasteiger partial charge in [0, 0.05) is 18.0 Å². The number of aryl methyl sites for hydroxylation is 2. The van der Waals surface area contributed by atoms with Crippen molar-refractivity contribution in [1.29, 1.82) is 0 Å². The molecule has 0 radical (unpaired) electrons. The van der Waals surface area contributed by atoms with Crippen LogP contribution in [0.3, 0.4) is 0 Å². The van der Waals surface area contributed by atoms with Crippen molar-refractivity contribution in [2.75, 3.05) is 27.7 Å². The van der Waals surface area contributed by atoms with Gasteiger partial charge in [0.25, 0.3) is 0 Å². The average molecular weight is 262 g/mol. The second-order valence-electron chi connectivity index (χ2n) is 5.80. The van der Waals surface area contributed by atoms with Gasteiger partial charge >= 0.3 is 0 Å². The van der Waals surface area contributed by atoms with Crippen molar-refractivity contribution in [3.63, 3.8) is 0 Å². The standard InChI is InChI=1S/C16H26N2O/c1-11-8-13(9-12(2)14(11)19-5)15(18-4)16(6-7-16)10-17-3/h8-9,15,17-18H,6-7,10H2,1-5H3. The first-order chi connectivity index (χ1) is 9.07. The summed E-state index contributed by atoms with van der Waals surface area (Å²) in [6.45, 7) is 5.32. The van der Waals surface area contributed by atoms with Gasteiger partial charge in [-0.3, -0.25) is 0 Å². The highest BCUT2D eigenvalue weighted by Gasteiger charge is 2.48. The summed E-state index contributed by atoms with van der Waals surface area (Å²) in [4.78, 5) is 0. The fourth-order valence-corrected chi connectivity index (χ4v) is 3.38. The summed E-state index contributed by atoms with van der Waals surface area (Å²) in [7, 11) is 5.85. The number of ether oxygens (including phenoxy) is 1. The molecule has 1 aromatic carbocycles. The third kappa shape index (κ3) is 2.63. The van der Waals surface area contributed by atoms with Crippen molar-refractivity contribution in [1.82, 2.24) is 10.6 Å². The fraction of sp³-hybridized carbons (Fsp3) is 0.625. The number of methoxy groups -OCH3 is 1. The molecule has 0 saturated heterocycles. The molecule has 3 heteroatoms. The van der Waals surface area contributed by atoms with Gasteiger partial charge in [-0.25, -0.2) is 0 Å². The van der Waals surface area contributed by atoms with Crippen LogP contribution >= 0.6 is 0 Å². The van der Waals surface area contributed by atoms with Crippen LogP contribution in [-0.2, 0) is 0 Å². The Morgan fingerprint density at radius 3 is 2.16 bits per heavy atom. The molecule has 0 spiro atoms. The van der Waals surface area contributed by atoms with Gasteiger partial charge < -0.3 is 15.4 Å². The molecule has 2 N–H and O–H groups in total. The number of rotatable bonds is 6. The van der Waals surface area contributed by atoms with Gasteiger partial charge in [0.1, 0.15) is 5.75 Å². The van der Waals surface area contributed by atoms with Gasteiger partial charge in [-0.15, -0.1) is 0 Å². The van der Waals surface area contributed by atoms with Crippen LogP contribution in [-0.4, -0.2) is 27.7 Å². The zero-order valence-electron chi connectivity index (χ0n) is 12.8. The zero-order valence-corrected chi connectivity index (χ0v) is 12.8. The maximum atomic E-state index is 5.46. The lowest BCUT2D eigenvalue weighted by Crippen LogP contribution is -2.33. The fourth-order valence-electron chi connectivity index (χ4n) is 3.38. The molecule has 1 aliphatic carbocycles. The van der Waals surface area contributed by atoms with Crippen LogP contribution in [0.25, 0.3) is 0 Å². The Hall–Kier alpha value is -1.06. The van der Waals surface area contributed by atoms with E-state index in [1.807, 2.05) is 7.05 Å². The van der Waals surface area contributed by atoms with Crippen molar-refractivity contribution in [3.8, 4) is 5.75 Å². The van der Waals surface area contributed by atoms with Crippen molar-refractivity contribution in [2.45, 2.75) is 32.7 Å². The first kappa shape index (κ1) is 14.4. The summed E-state index contributed by atoms with van der Waals surface area (Å²) >= 11 is 0. The van der Waals surface area contributed by atoms with E-state index in [0.717, 1.165) is 12.3 Å². The van der Waals surface area contributed by atoms with E-state index in [4.69, 9.17) is 4.74 Å². The molecular weight excluding hydrogens is 236 g/mol. The second-order valence-corrected chi connectivity index (χ2v) is 5.80. The SMILES string of the molecule is CNCC1(C(NC)c2cc(C)c(OC)c(C)c2)CC1. The Kier molecular flexibility index (Phi) is 4.16. The van der Waals surface area contributed by atoms with Crippen molar-refractivity contribution in [3.05, 3.63) is 28.8 Å². The highest BCUT2D eigenvalue weighted by molar-refractivity contribution is 5.45. The summed E-state index contributed by atoms with van der Waals surface area (Å²) in [5.41, 5.74) is 4.21. The smallest absolute Gasteiger partial charge is 0.124 e. The summed E-state index contributed by atoms with van der Waals surface area (Å²) in [5.74, 6) is 1.01. The topological polar surface area (TPSA) is 33.3 Å². The first-order valence-electron chi connectivity index (χ1n) is 7.05. The zero-order chi connectivity index (χ0) is 14.0. The van der Waals surface area contributed by atoms with E-state index < -0.39 is 0 Å². The molecule has 0 aromatic heterocycles. The summed E-state index contributed by atoms with van der Waals surface area (Å²) < 4.78 is 5.46. The summed E-state index contributed by atoms with van der Waals surface area (Å²) in [6, 6.07) is 4.95. The molecule has 0 aliphatic heterocycles. The lowest BCUT2D eigenvalue weighted by atomic mass is 9.88. The molecule has 1 fully saturated rings. The van der Waals surface area contributed by atoms with Crippen LogP contribution in [0.15, 0.2) is 12.1 Å². The van der Waals surface area contributed by atoms with Gasteiger partial charge in [0.2, 0.25) is 0 Å². The normalized spacial score (nSPS) is 18.2. The van der Waals surface area contributed by atoms with Gasteiger partial charge in [-0.2, -0.15) is 0 Å². The van der Waals surface area contributed by atoms with Gasteiger partial charge in [0.15, 0.2) is 0 Å². The van der Waals surface area contributed by atoms with E-state index in [-0.39, 0.29) is 0 Å². The number of benzene rings is 1. The Morgan fingerprint density at radius 2 is 1.79 bits per heavy atom. The molecule has 1 aliphatic rings. The number of hydrogen-bond acceptors (Lipinski definition) is 3. The monoisotopic (exact) mass is 262 g/mol. The molecule has 0 amide bonds. The molecule has 3 nitrogen and oxygen atoms in total. The van der Waals surface area contributed by atoms with Crippen LogP contribution in [0, 0.1) is 19.3 Å². The van der Waals surface area contributed by atoms with E-state index in [9.17, 15) is 0 Å². The molecule has 1 unspecified atom stereocenters. The van der Waals surface area contributed by atoms with E-state index in [0.29, 0.717) is 11.5 Å². The third-order valence-corrected chi connectivity index (χ3v) is 4.34. The maximum absolute atomic E-state index is 5.46. The third-order valence-electron chi connectivity index (χ3n) is 4.34. The van der Waals surface area contributed by atoms with E-state index >= 15 is 0 Å². The predicted octanol–water partition coefficient (Wildman–Crippen LogP) is 2.57. The average Bonchev–Trinajstić information content (AvgIpc) is 3.11. The largest absolute Gasteiger partial charge is 0.496 e. The molecule has 0 bridgehead atoms. The quantitative estimate of drug-likeness (QED) is 0.826. The molecule has 0 heterocycles. The van der Waals surface area contributed by atoms with Crippen LogP contribution < -0.4 is 15.4 Å². The Labute approximate surface area is 116 Å². The number of hydrogen-bond donors (Lipinski definition) is 2. The molecule has 2 rings (SSSR count). The van der Waals surface area contributed by atoms with E-state index in [1.54, 1.807) is 7.11 Å². The first-order valence-corrected chi connectivity index (χ1v) is 7.05. The van der Waals surface area contributed by atoms with Crippen LogP contribution in [0.2, 0.25) is 0 Å². The highest BCUT2D eigenvalue weighted by Crippen LogP contribution is 2.54. The van der Waals surface area contributed by atoms with Crippen LogP contribution in [0.4, 0.5) is 0 Å². The molecule has 19 heavy (non-hydrogen) atoms. The van der Waals surface area contributed by atoms with Crippen LogP contribution in [0.1, 0.15) is 35.6 Å². The minimum atomic E-state index is 0.386. The lowest BCUT2D eigenvalue weighted by Gasteiger charge is -2.28. The molecule has 1 aromatic rings. The second kappa shape index (κ2) is 5.51. The molecule has 106 valence electrons. The minimum Gasteiger partial charge on any atom is -0.496 e. The molecule has 1 atom stereocenters. The Morgan fingerprint density at radius 1 is 1.21 bits per heavy atom. The molecular formula is C16H26N2O. The highest BCUT2D eigenvalue weighted by atomic mass is 16.5. The lowest BCUT2D eigenvalue weighted by molar-refractivity contribution is 0.345. The van der Waals surface area contributed by atoms with E-state index in [1.165, 1.54) is 29.5 Å². The summed E-state index contributed by atoms with van der Waals surface area (Å²) in [6.07, 6.45) is 2.59. The maximum Gasteiger partial charge on any atom is 0.124 e. The van der Waals surface area contributed by atoms with E-state index in [2.05, 4.69) is 43.7 Å².